The van der Waals surface area contributed by atoms with Gasteiger partial charge >= 0.3 is 0 Å². The Bertz CT molecular complexity index is 489. The Hall–Kier alpha value is -2.03. The van der Waals surface area contributed by atoms with Crippen LogP contribution in [-0.4, -0.2) is 33.3 Å². The average Bonchev–Trinajstić information content (AvgIpc) is 2.43. The van der Waals surface area contributed by atoms with Gasteiger partial charge in [0.15, 0.2) is 0 Å². The maximum atomic E-state index is 11.7. The highest BCUT2D eigenvalue weighted by atomic mass is 16.5. The molecule has 1 amide bonds. The highest BCUT2D eigenvalue weighted by Gasteiger charge is 2.07. The van der Waals surface area contributed by atoms with Gasteiger partial charge in [0, 0.05) is 12.7 Å². The lowest BCUT2D eigenvalue weighted by atomic mass is 10.2. The van der Waals surface area contributed by atoms with Gasteiger partial charge in [-0.2, -0.15) is 0 Å². The molecule has 0 radical (unpaired) electrons. The SMILES string of the molecule is COCCC(=O)Nc1cc(C#CCN)ccc1OC. The molecule has 1 aromatic rings. The second-order valence-electron chi connectivity index (χ2n) is 3.71. The number of carbonyl (C=O) groups excluding carboxylic acids is 1. The molecule has 0 bridgehead atoms. The van der Waals surface area contributed by atoms with Crippen molar-refractivity contribution >= 4 is 11.6 Å². The van der Waals surface area contributed by atoms with Crippen LogP contribution in [0.25, 0.3) is 0 Å². The molecule has 1 rings (SSSR count). The first-order valence-corrected chi connectivity index (χ1v) is 5.87. The van der Waals surface area contributed by atoms with Gasteiger partial charge in [-0.05, 0) is 18.2 Å². The summed E-state index contributed by atoms with van der Waals surface area (Å²) in [6.45, 7) is 0.669. The van der Waals surface area contributed by atoms with Gasteiger partial charge in [-0.25, -0.2) is 0 Å². The number of anilines is 1. The summed E-state index contributed by atoms with van der Waals surface area (Å²) in [6.07, 6.45) is 0.290. The minimum atomic E-state index is -0.135. The number of nitrogens with one attached hydrogen (secondary N) is 1. The Balaban J connectivity index is 2.86. The minimum Gasteiger partial charge on any atom is -0.495 e. The fourth-order valence-corrected chi connectivity index (χ4v) is 1.44. The topological polar surface area (TPSA) is 73.6 Å². The van der Waals surface area contributed by atoms with Crippen molar-refractivity contribution in [3.05, 3.63) is 23.8 Å². The lowest BCUT2D eigenvalue weighted by Gasteiger charge is -2.10. The monoisotopic (exact) mass is 262 g/mol. The molecule has 0 aromatic heterocycles. The van der Waals surface area contributed by atoms with E-state index in [0.29, 0.717) is 31.0 Å². The second-order valence-corrected chi connectivity index (χ2v) is 3.71. The molecular weight excluding hydrogens is 244 g/mol. The lowest BCUT2D eigenvalue weighted by molar-refractivity contribution is -0.117. The van der Waals surface area contributed by atoms with E-state index in [2.05, 4.69) is 17.2 Å². The highest BCUT2D eigenvalue weighted by molar-refractivity contribution is 5.92. The van der Waals surface area contributed by atoms with E-state index in [0.717, 1.165) is 5.56 Å². The molecule has 5 heteroatoms. The van der Waals surface area contributed by atoms with Crippen LogP contribution in [0.4, 0.5) is 5.69 Å². The third kappa shape index (κ3) is 5.00. The molecule has 1 aromatic carbocycles. The fraction of sp³-hybridized carbons (Fsp3) is 0.357. The molecule has 0 atom stereocenters. The number of hydrogen-bond donors (Lipinski definition) is 2. The first-order chi connectivity index (χ1) is 9.21. The van der Waals surface area contributed by atoms with E-state index in [1.807, 2.05) is 6.07 Å². The van der Waals surface area contributed by atoms with Crippen LogP contribution in [-0.2, 0) is 9.53 Å². The standard InChI is InChI=1S/C14H18N2O3/c1-18-9-7-14(17)16-12-10-11(4-3-8-15)5-6-13(12)19-2/h5-6,10H,7-9,15H2,1-2H3,(H,16,17). The fourth-order valence-electron chi connectivity index (χ4n) is 1.44. The number of methoxy groups -OCH3 is 2. The summed E-state index contributed by atoms with van der Waals surface area (Å²) < 4.78 is 10.0. The number of carbonyl (C=O) groups is 1. The van der Waals surface area contributed by atoms with Crippen molar-refractivity contribution in [2.45, 2.75) is 6.42 Å². The third-order valence-electron chi connectivity index (χ3n) is 2.34. The maximum Gasteiger partial charge on any atom is 0.226 e. The molecule has 0 heterocycles. The van der Waals surface area contributed by atoms with Crippen molar-refractivity contribution in [3.8, 4) is 17.6 Å². The summed E-state index contributed by atoms with van der Waals surface area (Å²) in [4.78, 5) is 11.7. The van der Waals surface area contributed by atoms with E-state index in [1.54, 1.807) is 26.4 Å². The molecule has 0 aliphatic carbocycles. The Kier molecular flexibility index (Phi) is 6.44. The van der Waals surface area contributed by atoms with Crippen molar-refractivity contribution in [3.63, 3.8) is 0 Å². The van der Waals surface area contributed by atoms with E-state index in [1.165, 1.54) is 0 Å². The van der Waals surface area contributed by atoms with E-state index in [4.69, 9.17) is 15.2 Å². The van der Waals surface area contributed by atoms with Gasteiger partial charge in [-0.15, -0.1) is 0 Å². The van der Waals surface area contributed by atoms with Gasteiger partial charge in [-0.1, -0.05) is 11.8 Å². The van der Waals surface area contributed by atoms with E-state index in [-0.39, 0.29) is 5.91 Å². The molecule has 0 saturated heterocycles. The van der Waals surface area contributed by atoms with Crippen LogP contribution < -0.4 is 15.8 Å². The van der Waals surface area contributed by atoms with Gasteiger partial charge in [0.05, 0.1) is 32.4 Å². The van der Waals surface area contributed by atoms with Crippen molar-refractivity contribution < 1.29 is 14.3 Å². The first kappa shape index (κ1) is 15.0. The summed E-state index contributed by atoms with van der Waals surface area (Å²) >= 11 is 0. The first-order valence-electron chi connectivity index (χ1n) is 5.87. The molecule has 0 aliphatic rings. The van der Waals surface area contributed by atoms with Gasteiger partial charge in [0.2, 0.25) is 5.91 Å². The number of amides is 1. The third-order valence-corrected chi connectivity index (χ3v) is 2.34. The van der Waals surface area contributed by atoms with Gasteiger partial charge < -0.3 is 20.5 Å². The summed E-state index contributed by atoms with van der Waals surface area (Å²) in [5.41, 5.74) is 6.69. The smallest absolute Gasteiger partial charge is 0.226 e. The number of benzene rings is 1. The second kappa shape index (κ2) is 8.14. The van der Waals surface area contributed by atoms with Crippen LogP contribution in [0.5, 0.6) is 5.75 Å². The van der Waals surface area contributed by atoms with Crippen LogP contribution >= 0.6 is 0 Å². The Morgan fingerprint density at radius 1 is 1.42 bits per heavy atom. The number of rotatable bonds is 5. The highest BCUT2D eigenvalue weighted by Crippen LogP contribution is 2.25. The molecule has 19 heavy (non-hydrogen) atoms. The molecule has 0 saturated carbocycles. The zero-order valence-electron chi connectivity index (χ0n) is 11.2. The number of hydrogen-bond acceptors (Lipinski definition) is 4. The molecule has 0 spiro atoms. The molecule has 5 nitrogen and oxygen atoms in total. The summed E-state index contributed by atoms with van der Waals surface area (Å²) in [5.74, 6) is 6.12. The zero-order chi connectivity index (χ0) is 14.1. The molecule has 3 N–H and O–H groups in total. The number of nitrogens with two attached hydrogens (primary N) is 1. The van der Waals surface area contributed by atoms with Gasteiger partial charge in [0.1, 0.15) is 5.75 Å². The molecular formula is C14H18N2O3. The predicted octanol–water partition coefficient (Wildman–Crippen LogP) is 0.980. The lowest BCUT2D eigenvalue weighted by Crippen LogP contribution is -2.14. The van der Waals surface area contributed by atoms with E-state index < -0.39 is 0 Å². The van der Waals surface area contributed by atoms with Crippen molar-refractivity contribution in [1.29, 1.82) is 0 Å². The quantitative estimate of drug-likeness (QED) is 0.776. The van der Waals surface area contributed by atoms with Gasteiger partial charge in [-0.3, -0.25) is 4.79 Å². The molecule has 102 valence electrons. The van der Waals surface area contributed by atoms with E-state index in [9.17, 15) is 4.79 Å². The Labute approximate surface area is 113 Å². The van der Waals surface area contributed by atoms with Crippen LogP contribution in [0, 0.1) is 11.8 Å². The Morgan fingerprint density at radius 3 is 2.84 bits per heavy atom. The van der Waals surface area contributed by atoms with Crippen molar-refractivity contribution in [2.24, 2.45) is 5.73 Å². The summed E-state index contributed by atoms with van der Waals surface area (Å²) in [6, 6.07) is 5.32. The zero-order valence-corrected chi connectivity index (χ0v) is 11.2. The molecule has 0 unspecified atom stereocenters. The van der Waals surface area contributed by atoms with Crippen LogP contribution in [0.2, 0.25) is 0 Å². The maximum absolute atomic E-state index is 11.7. The van der Waals surface area contributed by atoms with Crippen molar-refractivity contribution in [1.82, 2.24) is 0 Å². The average molecular weight is 262 g/mol. The van der Waals surface area contributed by atoms with Crippen LogP contribution in [0.1, 0.15) is 12.0 Å². The normalized spacial score (nSPS) is 9.42. The largest absolute Gasteiger partial charge is 0.495 e. The van der Waals surface area contributed by atoms with Crippen LogP contribution in [0.3, 0.4) is 0 Å². The predicted molar refractivity (Wildman–Crippen MR) is 74.0 cm³/mol. The Morgan fingerprint density at radius 2 is 2.21 bits per heavy atom. The van der Waals surface area contributed by atoms with Crippen molar-refractivity contribution in [2.75, 3.05) is 32.7 Å². The molecule has 0 aliphatic heterocycles. The molecule has 0 fully saturated rings. The van der Waals surface area contributed by atoms with Gasteiger partial charge in [0.25, 0.3) is 0 Å². The number of ether oxygens (including phenoxy) is 2. The van der Waals surface area contributed by atoms with Crippen LogP contribution in [0.15, 0.2) is 18.2 Å². The van der Waals surface area contributed by atoms with E-state index >= 15 is 0 Å². The summed E-state index contributed by atoms with van der Waals surface area (Å²) in [5, 5.41) is 2.77. The minimum absolute atomic E-state index is 0.135. The summed E-state index contributed by atoms with van der Waals surface area (Å²) in [7, 11) is 3.10.